The molecule has 2 aliphatic rings. The normalized spacial score (nSPS) is 38.5. The van der Waals surface area contributed by atoms with Crippen molar-refractivity contribution in [1.82, 2.24) is 5.32 Å². The molecule has 2 heteroatoms. The lowest BCUT2D eigenvalue weighted by molar-refractivity contribution is -0.0756. The highest BCUT2D eigenvalue weighted by molar-refractivity contribution is 5.18. The molecular weight excluding hydrogens is 246 g/mol. The fourth-order valence-corrected chi connectivity index (χ4v) is 4.45. The molecule has 20 heavy (non-hydrogen) atoms. The smallest absolute Gasteiger partial charge is 0.0654 e. The van der Waals surface area contributed by atoms with Crippen LogP contribution in [0.1, 0.15) is 57.6 Å². The van der Waals surface area contributed by atoms with Crippen molar-refractivity contribution in [2.24, 2.45) is 11.8 Å². The summed E-state index contributed by atoms with van der Waals surface area (Å²) in [5.74, 6) is 1.30. The van der Waals surface area contributed by atoms with Crippen molar-refractivity contribution in [2.45, 2.75) is 63.6 Å². The fraction of sp³-hybridized carbons (Fsp3) is 0.667. The second-order valence-electron chi connectivity index (χ2n) is 7.18. The van der Waals surface area contributed by atoms with Crippen LogP contribution in [0.2, 0.25) is 0 Å². The average Bonchev–Trinajstić information content (AvgIpc) is 2.42. The van der Waals surface area contributed by atoms with Crippen LogP contribution < -0.4 is 5.32 Å². The van der Waals surface area contributed by atoms with Gasteiger partial charge < -0.3 is 10.4 Å². The van der Waals surface area contributed by atoms with Crippen LogP contribution in [0.3, 0.4) is 0 Å². The maximum atomic E-state index is 10.6. The van der Waals surface area contributed by atoms with Crippen LogP contribution in [0.15, 0.2) is 30.3 Å². The summed E-state index contributed by atoms with van der Waals surface area (Å²) in [4.78, 5) is 0. The second-order valence-corrected chi connectivity index (χ2v) is 7.18. The third-order valence-corrected chi connectivity index (χ3v) is 5.33. The van der Waals surface area contributed by atoms with Gasteiger partial charge in [0.2, 0.25) is 0 Å². The molecule has 4 unspecified atom stereocenters. The molecule has 2 N–H and O–H groups in total. The van der Waals surface area contributed by atoms with E-state index in [4.69, 9.17) is 0 Å². The molecule has 0 spiro atoms. The lowest BCUT2D eigenvalue weighted by Crippen LogP contribution is -2.52. The maximum Gasteiger partial charge on any atom is 0.0654 e. The number of hydrogen-bond acceptors (Lipinski definition) is 2. The lowest BCUT2D eigenvalue weighted by Gasteiger charge is -2.48. The minimum absolute atomic E-state index is 0.365. The molecule has 2 aliphatic carbocycles. The first-order chi connectivity index (χ1) is 9.56. The van der Waals surface area contributed by atoms with E-state index in [0.29, 0.717) is 23.9 Å². The molecule has 0 heterocycles. The van der Waals surface area contributed by atoms with Crippen LogP contribution in [0.25, 0.3) is 0 Å². The Morgan fingerprint density at radius 2 is 2.00 bits per heavy atom. The summed E-state index contributed by atoms with van der Waals surface area (Å²) in [6.45, 7) is 4.54. The van der Waals surface area contributed by atoms with Gasteiger partial charge in [-0.3, -0.25) is 0 Å². The van der Waals surface area contributed by atoms with Crippen LogP contribution in [-0.2, 0) is 0 Å². The van der Waals surface area contributed by atoms with Gasteiger partial charge in [0.25, 0.3) is 0 Å². The van der Waals surface area contributed by atoms with E-state index in [9.17, 15) is 5.11 Å². The minimum Gasteiger partial charge on any atom is -0.390 e. The molecule has 2 nitrogen and oxygen atoms in total. The highest BCUT2D eigenvalue weighted by Gasteiger charge is 2.44. The van der Waals surface area contributed by atoms with Crippen molar-refractivity contribution in [3.05, 3.63) is 35.9 Å². The third-order valence-electron chi connectivity index (χ3n) is 5.33. The predicted octanol–water partition coefficient (Wildman–Crippen LogP) is 3.67. The summed E-state index contributed by atoms with van der Waals surface area (Å²) in [5.41, 5.74) is 0.994. The molecular formula is C18H27NO. The van der Waals surface area contributed by atoms with Gasteiger partial charge in [-0.2, -0.15) is 0 Å². The molecule has 0 aliphatic heterocycles. The molecule has 2 fully saturated rings. The van der Waals surface area contributed by atoms with Crippen molar-refractivity contribution < 1.29 is 5.11 Å². The molecule has 1 aromatic rings. The van der Waals surface area contributed by atoms with E-state index in [1.165, 1.54) is 12.0 Å². The summed E-state index contributed by atoms with van der Waals surface area (Å²) in [7, 11) is 0. The predicted molar refractivity (Wildman–Crippen MR) is 82.5 cm³/mol. The maximum absolute atomic E-state index is 10.6. The fourth-order valence-electron chi connectivity index (χ4n) is 4.45. The van der Waals surface area contributed by atoms with E-state index in [-0.39, 0.29) is 5.60 Å². The Morgan fingerprint density at radius 1 is 1.25 bits per heavy atom. The van der Waals surface area contributed by atoms with Gasteiger partial charge in [-0.25, -0.2) is 0 Å². The van der Waals surface area contributed by atoms with Crippen LogP contribution in [0.4, 0.5) is 0 Å². The van der Waals surface area contributed by atoms with E-state index < -0.39 is 0 Å². The highest BCUT2D eigenvalue weighted by atomic mass is 16.3. The van der Waals surface area contributed by atoms with E-state index >= 15 is 0 Å². The van der Waals surface area contributed by atoms with Gasteiger partial charge in [0.1, 0.15) is 0 Å². The van der Waals surface area contributed by atoms with Crippen molar-refractivity contribution in [2.75, 3.05) is 0 Å². The summed E-state index contributed by atoms with van der Waals surface area (Å²) in [6, 6.07) is 11.6. The Bertz CT molecular complexity index is 446. The second kappa shape index (κ2) is 5.50. The van der Waals surface area contributed by atoms with E-state index in [1.54, 1.807) is 0 Å². The van der Waals surface area contributed by atoms with Crippen LogP contribution in [-0.4, -0.2) is 16.7 Å². The summed E-state index contributed by atoms with van der Waals surface area (Å²) >= 11 is 0. The van der Waals surface area contributed by atoms with Gasteiger partial charge in [0, 0.05) is 12.1 Å². The molecule has 1 aromatic carbocycles. The summed E-state index contributed by atoms with van der Waals surface area (Å²) in [6.07, 6.45) is 5.35. The molecule has 0 aromatic heterocycles. The first-order valence-corrected chi connectivity index (χ1v) is 8.09. The molecule has 5 atom stereocenters. The Morgan fingerprint density at radius 3 is 2.75 bits per heavy atom. The zero-order chi connectivity index (χ0) is 14.2. The summed E-state index contributed by atoms with van der Waals surface area (Å²) < 4.78 is 0. The molecule has 110 valence electrons. The number of hydrogen-bond donors (Lipinski definition) is 2. The Hall–Kier alpha value is -0.860. The SMILES string of the molecule is CC1CC2CC(O)(CCC2N[C@@H](C)c2ccccc2)C1. The van der Waals surface area contributed by atoms with Crippen LogP contribution in [0, 0.1) is 11.8 Å². The average molecular weight is 273 g/mol. The van der Waals surface area contributed by atoms with Gasteiger partial charge >= 0.3 is 0 Å². The van der Waals surface area contributed by atoms with Gasteiger partial charge in [0.15, 0.2) is 0 Å². The zero-order valence-electron chi connectivity index (χ0n) is 12.7. The van der Waals surface area contributed by atoms with Gasteiger partial charge in [-0.1, -0.05) is 37.3 Å². The van der Waals surface area contributed by atoms with E-state index in [2.05, 4.69) is 49.5 Å². The number of aliphatic hydroxyl groups is 1. The highest BCUT2D eigenvalue weighted by Crippen LogP contribution is 2.45. The van der Waals surface area contributed by atoms with E-state index in [1.807, 2.05) is 0 Å². The van der Waals surface area contributed by atoms with Gasteiger partial charge in [-0.05, 0) is 56.4 Å². The first-order valence-electron chi connectivity index (χ1n) is 8.09. The molecule has 3 rings (SSSR count). The topological polar surface area (TPSA) is 32.3 Å². The number of nitrogens with one attached hydrogen (secondary N) is 1. The molecule has 0 saturated heterocycles. The number of benzene rings is 1. The molecule has 2 saturated carbocycles. The Kier molecular flexibility index (Phi) is 3.87. The lowest BCUT2D eigenvalue weighted by atomic mass is 9.64. The van der Waals surface area contributed by atoms with Crippen molar-refractivity contribution in [3.8, 4) is 0 Å². The zero-order valence-corrected chi connectivity index (χ0v) is 12.7. The van der Waals surface area contributed by atoms with Crippen molar-refractivity contribution in [1.29, 1.82) is 0 Å². The van der Waals surface area contributed by atoms with Gasteiger partial charge in [0.05, 0.1) is 5.60 Å². The Balaban J connectivity index is 1.66. The first kappa shape index (κ1) is 14.1. The number of rotatable bonds is 3. The van der Waals surface area contributed by atoms with Crippen LogP contribution in [0.5, 0.6) is 0 Å². The molecule has 0 radical (unpaired) electrons. The number of fused-ring (bicyclic) bond motifs is 2. The monoisotopic (exact) mass is 273 g/mol. The van der Waals surface area contributed by atoms with E-state index in [0.717, 1.165) is 25.7 Å². The van der Waals surface area contributed by atoms with Crippen LogP contribution >= 0.6 is 0 Å². The summed E-state index contributed by atoms with van der Waals surface area (Å²) in [5, 5.41) is 14.4. The largest absolute Gasteiger partial charge is 0.390 e. The quantitative estimate of drug-likeness (QED) is 0.880. The van der Waals surface area contributed by atoms with Gasteiger partial charge in [-0.15, -0.1) is 0 Å². The van der Waals surface area contributed by atoms with Crippen molar-refractivity contribution in [3.63, 3.8) is 0 Å². The minimum atomic E-state index is -0.365. The molecule has 0 amide bonds. The standard InChI is InChI=1S/C18H27NO/c1-13-10-16-12-18(20,11-13)9-8-17(16)19-14(2)15-6-4-3-5-7-15/h3-7,13-14,16-17,19-20H,8-12H2,1-2H3/t13?,14-,16?,17?,18?/m0/s1. The third kappa shape index (κ3) is 2.91. The van der Waals surface area contributed by atoms with Crippen molar-refractivity contribution >= 4 is 0 Å². The Labute approximate surface area is 122 Å². The molecule has 2 bridgehead atoms.